The van der Waals surface area contributed by atoms with Crippen molar-refractivity contribution in [3.63, 3.8) is 0 Å². The van der Waals surface area contributed by atoms with Gasteiger partial charge in [0.2, 0.25) is 0 Å². The van der Waals surface area contributed by atoms with E-state index in [9.17, 15) is 4.79 Å². The van der Waals surface area contributed by atoms with Gasteiger partial charge in [0.05, 0.1) is 11.6 Å². The molecule has 3 aromatic rings. The Morgan fingerprint density at radius 1 is 0.760 bits per heavy atom. The van der Waals surface area contributed by atoms with Gasteiger partial charge in [0, 0.05) is 12.2 Å². The quantitative estimate of drug-likeness (QED) is 0.719. The first kappa shape index (κ1) is 15.5. The molecule has 0 radical (unpaired) electrons. The van der Waals surface area contributed by atoms with E-state index in [4.69, 9.17) is 0 Å². The molecule has 0 aromatic heterocycles. The molecule has 2 N–H and O–H groups in total. The highest BCUT2D eigenvalue weighted by Crippen LogP contribution is 2.26. The third-order valence-electron chi connectivity index (χ3n) is 4.65. The molecule has 0 fully saturated rings. The van der Waals surface area contributed by atoms with Gasteiger partial charge in [-0.2, -0.15) is 0 Å². The highest BCUT2D eigenvalue weighted by molar-refractivity contribution is 6.00. The maximum Gasteiger partial charge on any atom is 0.253 e. The number of hydrogen-bond donors (Lipinski definition) is 2. The molecule has 0 bridgehead atoms. The Balaban J connectivity index is 1.57. The van der Waals surface area contributed by atoms with E-state index in [2.05, 4.69) is 47.0 Å². The summed E-state index contributed by atoms with van der Waals surface area (Å²) in [5.41, 5.74) is 5.12. The topological polar surface area (TPSA) is 41.1 Å². The van der Waals surface area contributed by atoms with Gasteiger partial charge in [-0.3, -0.25) is 4.79 Å². The Labute approximate surface area is 147 Å². The molecular formula is C22H20N2O. The predicted octanol–water partition coefficient (Wildman–Crippen LogP) is 4.64. The van der Waals surface area contributed by atoms with Crippen molar-refractivity contribution in [2.75, 3.05) is 11.9 Å². The van der Waals surface area contributed by atoms with Crippen LogP contribution in [0, 0.1) is 0 Å². The Bertz CT molecular complexity index is 872. The lowest BCUT2D eigenvalue weighted by molar-refractivity contribution is 0.0934. The SMILES string of the molecule is O=C1NC(c2ccc(-c3ccccc3)cc2)CCNc2ccccc21. The number of fused-ring (bicyclic) bond motifs is 1. The summed E-state index contributed by atoms with van der Waals surface area (Å²) < 4.78 is 0. The van der Waals surface area contributed by atoms with Crippen molar-refractivity contribution < 1.29 is 4.79 Å². The smallest absolute Gasteiger partial charge is 0.253 e. The van der Waals surface area contributed by atoms with Gasteiger partial charge in [0.25, 0.3) is 5.91 Å². The fraction of sp³-hybridized carbons (Fsp3) is 0.136. The van der Waals surface area contributed by atoms with Crippen LogP contribution in [0.3, 0.4) is 0 Å². The van der Waals surface area contributed by atoms with Gasteiger partial charge in [-0.1, -0.05) is 66.7 Å². The number of benzene rings is 3. The van der Waals surface area contributed by atoms with E-state index in [1.807, 2.05) is 42.5 Å². The molecule has 1 heterocycles. The number of anilines is 1. The van der Waals surface area contributed by atoms with Gasteiger partial charge < -0.3 is 10.6 Å². The largest absolute Gasteiger partial charge is 0.384 e. The number of carbonyl (C=O) groups is 1. The molecule has 1 aliphatic rings. The molecule has 1 aliphatic heterocycles. The maximum atomic E-state index is 12.6. The Hall–Kier alpha value is -3.07. The second kappa shape index (κ2) is 6.81. The lowest BCUT2D eigenvalue weighted by atomic mass is 9.98. The van der Waals surface area contributed by atoms with Crippen molar-refractivity contribution >= 4 is 11.6 Å². The average molecular weight is 328 g/mol. The maximum absolute atomic E-state index is 12.6. The summed E-state index contributed by atoms with van der Waals surface area (Å²) in [7, 11) is 0. The Morgan fingerprint density at radius 2 is 1.44 bits per heavy atom. The van der Waals surface area contributed by atoms with Gasteiger partial charge in [-0.05, 0) is 35.2 Å². The average Bonchev–Trinajstić information content (AvgIpc) is 2.67. The number of amides is 1. The van der Waals surface area contributed by atoms with Crippen LogP contribution in [0.4, 0.5) is 5.69 Å². The highest BCUT2D eigenvalue weighted by atomic mass is 16.1. The summed E-state index contributed by atoms with van der Waals surface area (Å²) in [6, 6.07) is 26.4. The van der Waals surface area contributed by atoms with E-state index in [-0.39, 0.29) is 11.9 Å². The van der Waals surface area contributed by atoms with E-state index < -0.39 is 0 Å². The van der Waals surface area contributed by atoms with E-state index in [0.717, 1.165) is 24.2 Å². The van der Waals surface area contributed by atoms with Crippen LogP contribution >= 0.6 is 0 Å². The first-order chi connectivity index (χ1) is 12.3. The van der Waals surface area contributed by atoms with E-state index in [0.29, 0.717) is 5.56 Å². The van der Waals surface area contributed by atoms with Crippen molar-refractivity contribution in [2.24, 2.45) is 0 Å². The number of carbonyl (C=O) groups excluding carboxylic acids is 1. The molecule has 1 unspecified atom stereocenters. The first-order valence-electron chi connectivity index (χ1n) is 8.60. The molecule has 3 nitrogen and oxygen atoms in total. The number of nitrogens with one attached hydrogen (secondary N) is 2. The zero-order valence-electron chi connectivity index (χ0n) is 13.9. The molecule has 1 amide bonds. The second-order valence-electron chi connectivity index (χ2n) is 6.28. The van der Waals surface area contributed by atoms with E-state index >= 15 is 0 Å². The summed E-state index contributed by atoms with van der Waals surface area (Å²) >= 11 is 0. The van der Waals surface area contributed by atoms with Crippen LogP contribution in [0.25, 0.3) is 11.1 Å². The van der Waals surface area contributed by atoms with Crippen molar-refractivity contribution in [3.05, 3.63) is 90.0 Å². The minimum atomic E-state index is -0.0278. The Morgan fingerprint density at radius 3 is 2.24 bits per heavy atom. The molecule has 124 valence electrons. The van der Waals surface area contributed by atoms with Crippen LogP contribution in [-0.2, 0) is 0 Å². The number of hydrogen-bond acceptors (Lipinski definition) is 2. The van der Waals surface area contributed by atoms with E-state index in [1.54, 1.807) is 0 Å². The van der Waals surface area contributed by atoms with Crippen molar-refractivity contribution in [1.82, 2.24) is 5.32 Å². The summed E-state index contributed by atoms with van der Waals surface area (Å²) in [5.74, 6) is -0.0278. The lowest BCUT2D eigenvalue weighted by Crippen LogP contribution is -2.32. The lowest BCUT2D eigenvalue weighted by Gasteiger charge is -2.24. The monoisotopic (exact) mass is 328 g/mol. The third kappa shape index (κ3) is 3.26. The highest BCUT2D eigenvalue weighted by Gasteiger charge is 2.20. The van der Waals surface area contributed by atoms with Gasteiger partial charge in [0.1, 0.15) is 0 Å². The Kier molecular flexibility index (Phi) is 4.21. The zero-order valence-corrected chi connectivity index (χ0v) is 13.9. The van der Waals surface area contributed by atoms with Crippen LogP contribution in [0.1, 0.15) is 28.4 Å². The molecule has 4 rings (SSSR count). The minimum absolute atomic E-state index is 0.0122. The summed E-state index contributed by atoms with van der Waals surface area (Å²) in [6.07, 6.45) is 0.852. The normalized spacial score (nSPS) is 16.8. The van der Waals surface area contributed by atoms with Gasteiger partial charge in [0.15, 0.2) is 0 Å². The molecule has 3 heteroatoms. The fourth-order valence-corrected chi connectivity index (χ4v) is 3.28. The van der Waals surface area contributed by atoms with Crippen LogP contribution in [-0.4, -0.2) is 12.5 Å². The van der Waals surface area contributed by atoms with Gasteiger partial charge in [-0.15, -0.1) is 0 Å². The van der Waals surface area contributed by atoms with Crippen molar-refractivity contribution in [3.8, 4) is 11.1 Å². The molecule has 0 aliphatic carbocycles. The molecule has 25 heavy (non-hydrogen) atoms. The molecular weight excluding hydrogens is 308 g/mol. The van der Waals surface area contributed by atoms with E-state index in [1.165, 1.54) is 11.1 Å². The summed E-state index contributed by atoms with van der Waals surface area (Å²) in [5, 5.41) is 6.54. The standard InChI is InChI=1S/C22H20N2O/c25-22-19-8-4-5-9-21(19)23-15-14-20(24-22)18-12-10-17(11-13-18)16-6-2-1-3-7-16/h1-13,20,23H,14-15H2,(H,24,25). The van der Waals surface area contributed by atoms with Crippen molar-refractivity contribution in [2.45, 2.75) is 12.5 Å². The molecule has 0 saturated carbocycles. The minimum Gasteiger partial charge on any atom is -0.384 e. The first-order valence-corrected chi connectivity index (χ1v) is 8.60. The van der Waals surface area contributed by atoms with Crippen LogP contribution < -0.4 is 10.6 Å². The van der Waals surface area contributed by atoms with Gasteiger partial charge in [-0.25, -0.2) is 0 Å². The van der Waals surface area contributed by atoms with Gasteiger partial charge >= 0.3 is 0 Å². The van der Waals surface area contributed by atoms with Crippen LogP contribution in [0.5, 0.6) is 0 Å². The second-order valence-corrected chi connectivity index (χ2v) is 6.28. The van der Waals surface area contributed by atoms with Crippen LogP contribution in [0.2, 0.25) is 0 Å². The predicted molar refractivity (Wildman–Crippen MR) is 102 cm³/mol. The summed E-state index contributed by atoms with van der Waals surface area (Å²) in [4.78, 5) is 12.6. The number of rotatable bonds is 2. The number of para-hydroxylation sites is 1. The van der Waals surface area contributed by atoms with Crippen LogP contribution in [0.15, 0.2) is 78.9 Å². The molecule has 0 saturated heterocycles. The fourth-order valence-electron chi connectivity index (χ4n) is 3.28. The zero-order chi connectivity index (χ0) is 17.1. The summed E-state index contributed by atoms with van der Waals surface area (Å²) in [6.45, 7) is 0.822. The van der Waals surface area contributed by atoms with Crippen molar-refractivity contribution in [1.29, 1.82) is 0 Å². The molecule has 0 spiro atoms. The third-order valence-corrected chi connectivity index (χ3v) is 4.65. The molecule has 3 aromatic carbocycles. The molecule has 1 atom stereocenters.